The Bertz CT molecular complexity index is 965. The highest BCUT2D eigenvalue weighted by Crippen LogP contribution is 2.28. The first-order valence-electron chi connectivity index (χ1n) is 7.24. The first-order valence-corrected chi connectivity index (χ1v) is 7.24. The third kappa shape index (κ3) is 3.05. The van der Waals surface area contributed by atoms with Gasteiger partial charge in [0.2, 0.25) is 0 Å². The normalized spacial score (nSPS) is 10.5. The highest BCUT2D eigenvalue weighted by molar-refractivity contribution is 5.90. The maximum atomic E-state index is 12.2. The Morgan fingerprint density at radius 2 is 2.17 bits per heavy atom. The van der Waals surface area contributed by atoms with Crippen LogP contribution in [0.15, 0.2) is 51.8 Å². The molecule has 2 aromatic heterocycles. The molecule has 0 aliphatic carbocycles. The lowest BCUT2D eigenvalue weighted by Crippen LogP contribution is -2.14. The molecule has 0 saturated heterocycles. The van der Waals surface area contributed by atoms with Gasteiger partial charge in [-0.3, -0.25) is 15.1 Å². The van der Waals surface area contributed by atoms with E-state index >= 15 is 0 Å². The van der Waals surface area contributed by atoms with Crippen molar-refractivity contribution in [3.05, 3.63) is 52.8 Å². The molecule has 1 aromatic carbocycles. The van der Waals surface area contributed by atoms with E-state index in [0.717, 1.165) is 0 Å². The third-order valence-corrected chi connectivity index (χ3v) is 3.27. The van der Waals surface area contributed by atoms with Gasteiger partial charge in [0, 0.05) is 18.3 Å². The summed E-state index contributed by atoms with van der Waals surface area (Å²) in [6.45, 7) is 1.92. The molecule has 7 heteroatoms. The van der Waals surface area contributed by atoms with E-state index in [2.05, 4.69) is 10.3 Å². The molecule has 122 valence electrons. The van der Waals surface area contributed by atoms with Gasteiger partial charge in [0.25, 0.3) is 0 Å². The summed E-state index contributed by atoms with van der Waals surface area (Å²) in [4.78, 5) is 28.0. The second-order valence-electron chi connectivity index (χ2n) is 4.90. The number of ether oxygens (including phenoxy) is 1. The zero-order valence-corrected chi connectivity index (χ0v) is 12.8. The molecule has 24 heavy (non-hydrogen) atoms. The van der Waals surface area contributed by atoms with Crippen LogP contribution in [0.4, 0.5) is 10.5 Å². The van der Waals surface area contributed by atoms with E-state index in [-0.39, 0.29) is 34.8 Å². The van der Waals surface area contributed by atoms with Crippen LogP contribution in [0.5, 0.6) is 5.75 Å². The molecular formula is C17H14N2O5. The zero-order chi connectivity index (χ0) is 17.1. The summed E-state index contributed by atoms with van der Waals surface area (Å²) in [5, 5.41) is 12.5. The van der Waals surface area contributed by atoms with E-state index in [1.165, 1.54) is 30.5 Å². The molecule has 3 aromatic rings. The maximum Gasteiger partial charge on any atom is 0.411 e. The Morgan fingerprint density at radius 1 is 1.33 bits per heavy atom. The highest BCUT2D eigenvalue weighted by atomic mass is 16.5. The van der Waals surface area contributed by atoms with Crippen molar-refractivity contribution in [1.82, 2.24) is 4.98 Å². The number of benzene rings is 1. The van der Waals surface area contributed by atoms with Crippen LogP contribution in [0.3, 0.4) is 0 Å². The van der Waals surface area contributed by atoms with Crippen LogP contribution >= 0.6 is 0 Å². The number of hydrogen-bond donors (Lipinski definition) is 2. The summed E-state index contributed by atoms with van der Waals surface area (Å²) in [6.07, 6.45) is 0.880. The van der Waals surface area contributed by atoms with Crippen LogP contribution in [0, 0.1) is 0 Å². The number of carbonyl (C=O) groups is 1. The van der Waals surface area contributed by atoms with Crippen molar-refractivity contribution in [2.45, 2.75) is 6.92 Å². The lowest BCUT2D eigenvalue weighted by molar-refractivity contribution is 0.168. The molecule has 0 unspecified atom stereocenters. The molecule has 2 N–H and O–H groups in total. The number of anilines is 1. The zero-order valence-electron chi connectivity index (χ0n) is 12.8. The fourth-order valence-corrected chi connectivity index (χ4v) is 2.24. The molecule has 0 spiro atoms. The van der Waals surface area contributed by atoms with Crippen molar-refractivity contribution < 1.29 is 19.1 Å². The van der Waals surface area contributed by atoms with Gasteiger partial charge < -0.3 is 14.3 Å². The van der Waals surface area contributed by atoms with Gasteiger partial charge in [0.05, 0.1) is 17.7 Å². The van der Waals surface area contributed by atoms with Gasteiger partial charge in [0.1, 0.15) is 17.0 Å². The SMILES string of the molecule is CCOC(=O)Nc1cccnc1-c1cc(=O)c2ccc(O)cc2o1. The summed E-state index contributed by atoms with van der Waals surface area (Å²) >= 11 is 0. The number of nitrogens with zero attached hydrogens (tertiary/aromatic N) is 1. The topological polar surface area (TPSA) is 102 Å². The Morgan fingerprint density at radius 3 is 2.96 bits per heavy atom. The molecule has 0 fully saturated rings. The molecule has 3 rings (SSSR count). The van der Waals surface area contributed by atoms with Gasteiger partial charge in [-0.15, -0.1) is 0 Å². The maximum absolute atomic E-state index is 12.2. The van der Waals surface area contributed by atoms with Crippen molar-refractivity contribution >= 4 is 22.7 Å². The smallest absolute Gasteiger partial charge is 0.411 e. The molecule has 0 saturated carbocycles. The van der Waals surface area contributed by atoms with Gasteiger partial charge in [-0.25, -0.2) is 4.79 Å². The van der Waals surface area contributed by atoms with Crippen molar-refractivity contribution in [1.29, 1.82) is 0 Å². The number of fused-ring (bicyclic) bond motifs is 1. The lowest BCUT2D eigenvalue weighted by Gasteiger charge is -2.10. The monoisotopic (exact) mass is 326 g/mol. The average Bonchev–Trinajstić information content (AvgIpc) is 2.55. The van der Waals surface area contributed by atoms with Crippen LogP contribution in [-0.2, 0) is 4.74 Å². The number of carbonyl (C=O) groups excluding carboxylic acids is 1. The third-order valence-electron chi connectivity index (χ3n) is 3.27. The van der Waals surface area contributed by atoms with E-state index in [9.17, 15) is 14.7 Å². The van der Waals surface area contributed by atoms with Crippen molar-refractivity contribution in [3.8, 4) is 17.2 Å². The number of hydrogen-bond acceptors (Lipinski definition) is 6. The summed E-state index contributed by atoms with van der Waals surface area (Å²) in [6, 6.07) is 8.78. The largest absolute Gasteiger partial charge is 0.508 e. The van der Waals surface area contributed by atoms with Crippen molar-refractivity contribution in [2.24, 2.45) is 0 Å². The second-order valence-corrected chi connectivity index (χ2v) is 4.90. The minimum atomic E-state index is -0.632. The summed E-state index contributed by atoms with van der Waals surface area (Å²) in [7, 11) is 0. The van der Waals surface area contributed by atoms with Gasteiger partial charge in [-0.2, -0.15) is 0 Å². The molecule has 7 nitrogen and oxygen atoms in total. The van der Waals surface area contributed by atoms with Gasteiger partial charge in [0.15, 0.2) is 11.2 Å². The van der Waals surface area contributed by atoms with Crippen LogP contribution in [0.25, 0.3) is 22.4 Å². The van der Waals surface area contributed by atoms with Crippen LogP contribution in [-0.4, -0.2) is 22.8 Å². The number of nitrogens with one attached hydrogen (secondary N) is 1. The Balaban J connectivity index is 2.11. The van der Waals surface area contributed by atoms with Gasteiger partial charge in [-0.05, 0) is 31.2 Å². The Labute approximate surface area is 136 Å². The predicted octanol–water partition coefficient (Wildman–Crippen LogP) is 3.13. The van der Waals surface area contributed by atoms with E-state index < -0.39 is 6.09 Å². The van der Waals surface area contributed by atoms with Gasteiger partial charge >= 0.3 is 6.09 Å². The summed E-state index contributed by atoms with van der Waals surface area (Å²) in [5.74, 6) is 0.152. The molecular weight excluding hydrogens is 312 g/mol. The highest BCUT2D eigenvalue weighted by Gasteiger charge is 2.14. The number of pyridine rings is 1. The minimum Gasteiger partial charge on any atom is -0.508 e. The van der Waals surface area contributed by atoms with E-state index in [1.54, 1.807) is 19.1 Å². The van der Waals surface area contributed by atoms with Crippen LogP contribution in [0.1, 0.15) is 6.92 Å². The standard InChI is InChI=1S/C17H14N2O5/c1-2-23-17(22)19-12-4-3-7-18-16(12)15-9-13(21)11-6-5-10(20)8-14(11)24-15/h3-9,20H,2H2,1H3,(H,19,22). The quantitative estimate of drug-likeness (QED) is 0.766. The number of phenols is 1. The first kappa shape index (κ1) is 15.5. The summed E-state index contributed by atoms with van der Waals surface area (Å²) in [5.41, 5.74) is 0.579. The van der Waals surface area contributed by atoms with Crippen molar-refractivity contribution in [2.75, 3.05) is 11.9 Å². The molecule has 0 aliphatic rings. The number of phenolic OH excluding ortho intramolecular Hbond substituents is 1. The van der Waals surface area contributed by atoms with Crippen molar-refractivity contribution in [3.63, 3.8) is 0 Å². The number of aromatic nitrogens is 1. The van der Waals surface area contributed by atoms with Crippen LogP contribution in [0.2, 0.25) is 0 Å². The molecule has 0 aliphatic heterocycles. The fourth-order valence-electron chi connectivity index (χ4n) is 2.24. The lowest BCUT2D eigenvalue weighted by atomic mass is 10.1. The minimum absolute atomic E-state index is 0.0197. The fraction of sp³-hybridized carbons (Fsp3) is 0.118. The first-order chi connectivity index (χ1) is 11.6. The van der Waals surface area contributed by atoms with E-state index in [4.69, 9.17) is 9.15 Å². The Kier molecular flexibility index (Phi) is 4.15. The average molecular weight is 326 g/mol. The number of amides is 1. The number of aromatic hydroxyl groups is 1. The second kappa shape index (κ2) is 6.41. The Hall–Kier alpha value is -3.35. The number of rotatable bonds is 3. The van der Waals surface area contributed by atoms with E-state index in [1.807, 2.05) is 0 Å². The molecule has 1 amide bonds. The molecule has 0 atom stereocenters. The predicted molar refractivity (Wildman–Crippen MR) is 88.0 cm³/mol. The van der Waals surface area contributed by atoms with E-state index in [0.29, 0.717) is 11.1 Å². The molecule has 2 heterocycles. The summed E-state index contributed by atoms with van der Waals surface area (Å²) < 4.78 is 10.5. The van der Waals surface area contributed by atoms with Crippen LogP contribution < -0.4 is 10.7 Å². The van der Waals surface area contributed by atoms with Gasteiger partial charge in [-0.1, -0.05) is 0 Å². The molecule has 0 bridgehead atoms. The molecule has 0 radical (unpaired) electrons.